The van der Waals surface area contributed by atoms with Crippen LogP contribution in [0.5, 0.6) is 0 Å². The van der Waals surface area contributed by atoms with E-state index >= 15 is 0 Å². The summed E-state index contributed by atoms with van der Waals surface area (Å²) in [7, 11) is 0. The van der Waals surface area contributed by atoms with Crippen molar-refractivity contribution in [2.75, 3.05) is 13.1 Å². The molecule has 0 aromatic carbocycles. The van der Waals surface area contributed by atoms with Crippen LogP contribution in [0.2, 0.25) is 0 Å². The number of carbonyl (C=O) groups is 1. The van der Waals surface area contributed by atoms with E-state index in [2.05, 4.69) is 15.7 Å². The van der Waals surface area contributed by atoms with Crippen molar-refractivity contribution in [1.82, 2.24) is 20.4 Å². The molecule has 1 atom stereocenters. The van der Waals surface area contributed by atoms with Crippen LogP contribution < -0.4 is 10.6 Å². The lowest BCUT2D eigenvalue weighted by Gasteiger charge is -2.23. The second-order valence-corrected chi connectivity index (χ2v) is 4.79. The largest absolute Gasteiger partial charge is 0.347 e. The first-order chi connectivity index (χ1) is 8.16. The molecule has 0 aliphatic carbocycles. The summed E-state index contributed by atoms with van der Waals surface area (Å²) in [5, 5.41) is 10.5. The monoisotopic (exact) mass is 236 g/mol. The Bertz CT molecular complexity index is 380. The standard InChI is InChI=1S/C12H20N4O/c1-9(2)16-7-5-11(15-16)12(17)14-10-4-3-6-13-8-10/h5,7,9-10,13H,3-4,6,8H2,1-2H3,(H,14,17)/t10-/m0/s1. The van der Waals surface area contributed by atoms with Gasteiger partial charge >= 0.3 is 0 Å². The van der Waals surface area contributed by atoms with Gasteiger partial charge in [0, 0.05) is 24.8 Å². The lowest BCUT2D eigenvalue weighted by molar-refractivity contribution is 0.0924. The van der Waals surface area contributed by atoms with Crippen molar-refractivity contribution in [3.63, 3.8) is 0 Å². The number of piperidine rings is 1. The Morgan fingerprint density at radius 3 is 3.06 bits per heavy atom. The van der Waals surface area contributed by atoms with Gasteiger partial charge in [0.15, 0.2) is 0 Å². The summed E-state index contributed by atoms with van der Waals surface area (Å²) in [5.41, 5.74) is 0.504. The van der Waals surface area contributed by atoms with Crippen LogP contribution in [-0.2, 0) is 0 Å². The van der Waals surface area contributed by atoms with E-state index in [0.717, 1.165) is 25.9 Å². The van der Waals surface area contributed by atoms with Crippen molar-refractivity contribution in [2.24, 2.45) is 0 Å². The van der Waals surface area contributed by atoms with Gasteiger partial charge in [-0.1, -0.05) is 0 Å². The van der Waals surface area contributed by atoms with Gasteiger partial charge in [0.25, 0.3) is 5.91 Å². The van der Waals surface area contributed by atoms with Crippen molar-refractivity contribution in [3.8, 4) is 0 Å². The van der Waals surface area contributed by atoms with Crippen LogP contribution in [0.15, 0.2) is 12.3 Å². The third kappa shape index (κ3) is 3.06. The fourth-order valence-electron chi connectivity index (χ4n) is 1.98. The van der Waals surface area contributed by atoms with Gasteiger partial charge in [0.2, 0.25) is 0 Å². The zero-order valence-electron chi connectivity index (χ0n) is 10.4. The van der Waals surface area contributed by atoms with Crippen LogP contribution in [-0.4, -0.2) is 34.8 Å². The average Bonchev–Trinajstić information content (AvgIpc) is 2.79. The second kappa shape index (κ2) is 5.31. The minimum Gasteiger partial charge on any atom is -0.347 e. The zero-order chi connectivity index (χ0) is 12.3. The summed E-state index contributed by atoms with van der Waals surface area (Å²) in [5.74, 6) is -0.0712. The predicted octanol–water partition coefficient (Wildman–Crippen LogP) is 0.946. The Kier molecular flexibility index (Phi) is 3.78. The topological polar surface area (TPSA) is 59.0 Å². The molecule has 17 heavy (non-hydrogen) atoms. The highest BCUT2D eigenvalue weighted by molar-refractivity contribution is 5.92. The van der Waals surface area contributed by atoms with Crippen molar-refractivity contribution >= 4 is 5.91 Å². The van der Waals surface area contributed by atoms with Crippen molar-refractivity contribution in [2.45, 2.75) is 38.8 Å². The van der Waals surface area contributed by atoms with E-state index in [1.54, 1.807) is 10.7 Å². The maximum atomic E-state index is 11.9. The fourth-order valence-corrected chi connectivity index (χ4v) is 1.98. The lowest BCUT2D eigenvalue weighted by Crippen LogP contribution is -2.45. The predicted molar refractivity (Wildman–Crippen MR) is 66.0 cm³/mol. The molecule has 0 bridgehead atoms. The van der Waals surface area contributed by atoms with Crippen LogP contribution in [0.3, 0.4) is 0 Å². The van der Waals surface area contributed by atoms with Crippen molar-refractivity contribution < 1.29 is 4.79 Å². The normalized spacial score (nSPS) is 20.5. The summed E-state index contributed by atoms with van der Waals surface area (Å²) in [6.07, 6.45) is 4.01. The molecule has 1 amide bonds. The highest BCUT2D eigenvalue weighted by Gasteiger charge is 2.17. The number of carbonyl (C=O) groups excluding carboxylic acids is 1. The molecule has 0 radical (unpaired) electrons. The quantitative estimate of drug-likeness (QED) is 0.821. The van der Waals surface area contributed by atoms with Gasteiger partial charge in [-0.05, 0) is 39.3 Å². The smallest absolute Gasteiger partial charge is 0.272 e. The first kappa shape index (κ1) is 12.1. The van der Waals surface area contributed by atoms with E-state index in [4.69, 9.17) is 0 Å². The summed E-state index contributed by atoms with van der Waals surface area (Å²) in [6.45, 7) is 5.99. The van der Waals surface area contributed by atoms with Crippen LogP contribution in [0, 0.1) is 0 Å². The fraction of sp³-hybridized carbons (Fsp3) is 0.667. The zero-order valence-corrected chi connectivity index (χ0v) is 10.4. The molecule has 5 nitrogen and oxygen atoms in total. The highest BCUT2D eigenvalue weighted by atomic mass is 16.2. The Morgan fingerprint density at radius 2 is 2.47 bits per heavy atom. The Hall–Kier alpha value is -1.36. The summed E-state index contributed by atoms with van der Waals surface area (Å²) < 4.78 is 1.80. The molecule has 0 saturated carbocycles. The first-order valence-electron chi connectivity index (χ1n) is 6.23. The number of rotatable bonds is 3. The SMILES string of the molecule is CC(C)n1ccc(C(=O)N[C@H]2CCCNC2)n1. The molecule has 1 aliphatic rings. The van der Waals surface area contributed by atoms with Crippen molar-refractivity contribution in [1.29, 1.82) is 0 Å². The second-order valence-electron chi connectivity index (χ2n) is 4.79. The molecule has 5 heteroatoms. The van der Waals surface area contributed by atoms with E-state index in [1.807, 2.05) is 20.0 Å². The molecule has 94 valence electrons. The van der Waals surface area contributed by atoms with E-state index in [1.165, 1.54) is 0 Å². The highest BCUT2D eigenvalue weighted by Crippen LogP contribution is 2.06. The summed E-state index contributed by atoms with van der Waals surface area (Å²) in [6, 6.07) is 2.29. The molecule has 1 aromatic heterocycles. The number of nitrogens with one attached hydrogen (secondary N) is 2. The molecular formula is C12H20N4O. The molecule has 1 aliphatic heterocycles. The Morgan fingerprint density at radius 1 is 1.65 bits per heavy atom. The van der Waals surface area contributed by atoms with Gasteiger partial charge < -0.3 is 10.6 Å². The summed E-state index contributed by atoms with van der Waals surface area (Å²) in [4.78, 5) is 11.9. The molecule has 1 fully saturated rings. The Labute approximate surface area is 102 Å². The minimum atomic E-state index is -0.0712. The molecule has 1 aromatic rings. The van der Waals surface area contributed by atoms with E-state index in [-0.39, 0.29) is 18.0 Å². The van der Waals surface area contributed by atoms with Gasteiger partial charge in [-0.25, -0.2) is 0 Å². The Balaban J connectivity index is 1.94. The number of aromatic nitrogens is 2. The van der Waals surface area contributed by atoms with Crippen LogP contribution >= 0.6 is 0 Å². The lowest BCUT2D eigenvalue weighted by atomic mass is 10.1. The van der Waals surface area contributed by atoms with Crippen LogP contribution in [0.4, 0.5) is 0 Å². The molecule has 2 heterocycles. The summed E-state index contributed by atoms with van der Waals surface area (Å²) >= 11 is 0. The minimum absolute atomic E-state index is 0.0712. The molecule has 0 unspecified atom stereocenters. The molecule has 2 N–H and O–H groups in total. The van der Waals surface area contributed by atoms with E-state index in [0.29, 0.717) is 5.69 Å². The number of nitrogens with zero attached hydrogens (tertiary/aromatic N) is 2. The maximum Gasteiger partial charge on any atom is 0.272 e. The third-order valence-electron chi connectivity index (χ3n) is 3.00. The van der Waals surface area contributed by atoms with Crippen molar-refractivity contribution in [3.05, 3.63) is 18.0 Å². The van der Waals surface area contributed by atoms with Crippen LogP contribution in [0.25, 0.3) is 0 Å². The number of amides is 1. The molecule has 1 saturated heterocycles. The van der Waals surface area contributed by atoms with E-state index < -0.39 is 0 Å². The maximum absolute atomic E-state index is 11.9. The average molecular weight is 236 g/mol. The number of hydrogen-bond acceptors (Lipinski definition) is 3. The molecule has 2 rings (SSSR count). The van der Waals surface area contributed by atoms with Crippen LogP contribution in [0.1, 0.15) is 43.2 Å². The molecular weight excluding hydrogens is 216 g/mol. The number of hydrogen-bond donors (Lipinski definition) is 2. The van der Waals surface area contributed by atoms with Gasteiger partial charge in [-0.3, -0.25) is 9.48 Å². The first-order valence-corrected chi connectivity index (χ1v) is 6.23. The van der Waals surface area contributed by atoms with Gasteiger partial charge in [0.05, 0.1) is 0 Å². The molecule has 0 spiro atoms. The van der Waals surface area contributed by atoms with E-state index in [9.17, 15) is 4.79 Å². The third-order valence-corrected chi connectivity index (χ3v) is 3.00. The van der Waals surface area contributed by atoms with Gasteiger partial charge in [-0.15, -0.1) is 0 Å². The van der Waals surface area contributed by atoms with Gasteiger partial charge in [0.1, 0.15) is 5.69 Å². The van der Waals surface area contributed by atoms with Gasteiger partial charge in [-0.2, -0.15) is 5.10 Å².